The zero-order valence-electron chi connectivity index (χ0n) is 13.0. The van der Waals surface area contributed by atoms with Gasteiger partial charge in [-0.05, 0) is 51.1 Å². The Labute approximate surface area is 128 Å². The van der Waals surface area contributed by atoms with Crippen molar-refractivity contribution in [2.75, 3.05) is 39.3 Å². The quantitative estimate of drug-likeness (QED) is 0.678. The summed E-state index contributed by atoms with van der Waals surface area (Å²) in [7, 11) is -3.29. The Morgan fingerprint density at radius 1 is 1.19 bits per heavy atom. The molecule has 0 radical (unpaired) electrons. The highest BCUT2D eigenvalue weighted by Crippen LogP contribution is 2.17. The lowest BCUT2D eigenvalue weighted by atomic mass is 10.0. The molecule has 0 aromatic heterocycles. The van der Waals surface area contributed by atoms with E-state index in [9.17, 15) is 8.42 Å². The highest BCUT2D eigenvalue weighted by molar-refractivity contribution is 7.87. The monoisotopic (exact) mass is 319 g/mol. The molecule has 2 fully saturated rings. The van der Waals surface area contributed by atoms with Gasteiger partial charge in [0.1, 0.15) is 0 Å². The standard InChI is InChI=1S/C14H29N3O3S/c1-13-5-10-17(11-6-13)21(18,19)16-7-2-12-20-14-3-8-15-9-4-14/h13-16H,2-12H2,1H3. The van der Waals surface area contributed by atoms with Crippen LogP contribution in [0.4, 0.5) is 0 Å². The number of nitrogens with zero attached hydrogens (tertiary/aromatic N) is 1. The van der Waals surface area contributed by atoms with Crippen LogP contribution in [0.2, 0.25) is 0 Å². The summed E-state index contributed by atoms with van der Waals surface area (Å²) < 4.78 is 34.3. The van der Waals surface area contributed by atoms with Crippen LogP contribution in [0.15, 0.2) is 0 Å². The van der Waals surface area contributed by atoms with Crippen molar-refractivity contribution in [2.45, 2.75) is 45.1 Å². The lowest BCUT2D eigenvalue weighted by Crippen LogP contribution is -2.45. The lowest BCUT2D eigenvalue weighted by molar-refractivity contribution is 0.0322. The molecule has 0 unspecified atom stereocenters. The number of rotatable bonds is 7. The molecule has 2 rings (SSSR count). The predicted molar refractivity (Wildman–Crippen MR) is 83.4 cm³/mol. The molecule has 0 saturated carbocycles. The van der Waals surface area contributed by atoms with Crippen molar-refractivity contribution in [3.63, 3.8) is 0 Å². The van der Waals surface area contributed by atoms with Gasteiger partial charge in [-0.1, -0.05) is 6.92 Å². The molecule has 2 heterocycles. The summed E-state index contributed by atoms with van der Waals surface area (Å²) in [5.41, 5.74) is 0. The maximum Gasteiger partial charge on any atom is 0.279 e. The molecule has 0 aromatic rings. The van der Waals surface area contributed by atoms with Crippen LogP contribution >= 0.6 is 0 Å². The van der Waals surface area contributed by atoms with Gasteiger partial charge >= 0.3 is 0 Å². The summed E-state index contributed by atoms with van der Waals surface area (Å²) in [6.45, 7) is 6.58. The molecular formula is C14H29N3O3S. The van der Waals surface area contributed by atoms with Crippen molar-refractivity contribution in [3.05, 3.63) is 0 Å². The van der Waals surface area contributed by atoms with Gasteiger partial charge in [0.15, 0.2) is 0 Å². The molecule has 7 heteroatoms. The predicted octanol–water partition coefficient (Wildman–Crippen LogP) is 0.711. The molecule has 2 saturated heterocycles. The number of hydrogen-bond acceptors (Lipinski definition) is 4. The van der Waals surface area contributed by atoms with Crippen LogP contribution in [-0.2, 0) is 14.9 Å². The molecule has 0 amide bonds. The molecule has 2 N–H and O–H groups in total. The van der Waals surface area contributed by atoms with Crippen LogP contribution in [0.25, 0.3) is 0 Å². The molecule has 2 aliphatic rings. The van der Waals surface area contributed by atoms with Crippen molar-refractivity contribution in [1.82, 2.24) is 14.3 Å². The maximum atomic E-state index is 12.1. The van der Waals surface area contributed by atoms with Gasteiger partial charge in [-0.25, -0.2) is 4.72 Å². The minimum atomic E-state index is -3.29. The smallest absolute Gasteiger partial charge is 0.279 e. The average molecular weight is 319 g/mol. The third kappa shape index (κ3) is 5.83. The van der Waals surface area contributed by atoms with Crippen LogP contribution in [0, 0.1) is 5.92 Å². The number of hydrogen-bond donors (Lipinski definition) is 2. The Bertz CT molecular complexity index is 388. The highest BCUT2D eigenvalue weighted by Gasteiger charge is 2.25. The van der Waals surface area contributed by atoms with E-state index < -0.39 is 10.2 Å². The fourth-order valence-corrected chi connectivity index (χ4v) is 4.08. The van der Waals surface area contributed by atoms with E-state index in [1.54, 1.807) is 4.31 Å². The fraction of sp³-hybridized carbons (Fsp3) is 1.00. The van der Waals surface area contributed by atoms with Gasteiger partial charge < -0.3 is 10.1 Å². The SMILES string of the molecule is CC1CCN(S(=O)(=O)NCCCOC2CCNCC2)CC1. The van der Waals surface area contributed by atoms with Crippen molar-refractivity contribution >= 4 is 10.2 Å². The van der Waals surface area contributed by atoms with Gasteiger partial charge in [-0.2, -0.15) is 12.7 Å². The zero-order valence-corrected chi connectivity index (χ0v) is 13.8. The second-order valence-corrected chi connectivity index (χ2v) is 7.91. The zero-order chi connectivity index (χ0) is 15.1. The normalized spacial score (nSPS) is 23.5. The third-order valence-electron chi connectivity index (χ3n) is 4.33. The molecule has 0 spiro atoms. The molecule has 0 bridgehead atoms. The van der Waals surface area contributed by atoms with Gasteiger partial charge in [0.05, 0.1) is 6.10 Å². The van der Waals surface area contributed by atoms with Crippen LogP contribution in [0.1, 0.15) is 39.0 Å². The Morgan fingerprint density at radius 2 is 1.86 bits per heavy atom. The highest BCUT2D eigenvalue weighted by atomic mass is 32.2. The van der Waals surface area contributed by atoms with E-state index in [1.807, 2.05) is 0 Å². The second kappa shape index (κ2) is 8.43. The van der Waals surface area contributed by atoms with Crippen molar-refractivity contribution in [3.8, 4) is 0 Å². The summed E-state index contributed by atoms with van der Waals surface area (Å²) in [6.07, 6.45) is 5.09. The fourth-order valence-electron chi connectivity index (χ4n) is 2.80. The van der Waals surface area contributed by atoms with E-state index in [2.05, 4.69) is 17.0 Å². The maximum absolute atomic E-state index is 12.1. The second-order valence-electron chi connectivity index (χ2n) is 6.15. The molecule has 0 aromatic carbocycles. The van der Waals surface area contributed by atoms with E-state index >= 15 is 0 Å². The van der Waals surface area contributed by atoms with Crippen molar-refractivity contribution in [1.29, 1.82) is 0 Å². The first kappa shape index (κ1) is 17.1. The molecule has 6 nitrogen and oxygen atoms in total. The van der Waals surface area contributed by atoms with Crippen LogP contribution in [0.5, 0.6) is 0 Å². The first-order valence-electron chi connectivity index (χ1n) is 8.15. The first-order valence-corrected chi connectivity index (χ1v) is 9.59. The van der Waals surface area contributed by atoms with E-state index in [-0.39, 0.29) is 0 Å². The minimum Gasteiger partial charge on any atom is -0.378 e. The number of piperidine rings is 2. The topological polar surface area (TPSA) is 70.7 Å². The molecular weight excluding hydrogens is 290 g/mol. The number of ether oxygens (including phenoxy) is 1. The Morgan fingerprint density at radius 3 is 2.52 bits per heavy atom. The summed E-state index contributed by atoms with van der Waals surface area (Å²) >= 11 is 0. The third-order valence-corrected chi connectivity index (χ3v) is 5.94. The van der Waals surface area contributed by atoms with Crippen LogP contribution in [-0.4, -0.2) is 58.2 Å². The Hall–Kier alpha value is -0.210. The van der Waals surface area contributed by atoms with Gasteiger partial charge in [-0.3, -0.25) is 0 Å². The average Bonchev–Trinajstić information content (AvgIpc) is 2.48. The lowest BCUT2D eigenvalue weighted by Gasteiger charge is -2.29. The van der Waals surface area contributed by atoms with E-state index in [0.717, 1.165) is 45.2 Å². The van der Waals surface area contributed by atoms with Gasteiger partial charge in [0, 0.05) is 26.2 Å². The molecule has 21 heavy (non-hydrogen) atoms. The summed E-state index contributed by atoms with van der Waals surface area (Å²) in [5.74, 6) is 0.634. The van der Waals surface area contributed by atoms with E-state index in [4.69, 9.17) is 4.74 Å². The van der Waals surface area contributed by atoms with E-state index in [0.29, 0.717) is 38.3 Å². The number of nitrogens with one attached hydrogen (secondary N) is 2. The van der Waals surface area contributed by atoms with Gasteiger partial charge in [0.25, 0.3) is 10.2 Å². The first-order chi connectivity index (χ1) is 10.1. The largest absolute Gasteiger partial charge is 0.378 e. The van der Waals surface area contributed by atoms with Gasteiger partial charge in [0.2, 0.25) is 0 Å². The molecule has 124 valence electrons. The summed E-state index contributed by atoms with van der Waals surface area (Å²) in [4.78, 5) is 0. The summed E-state index contributed by atoms with van der Waals surface area (Å²) in [6, 6.07) is 0. The Balaban J connectivity index is 1.58. The van der Waals surface area contributed by atoms with E-state index in [1.165, 1.54) is 0 Å². The Kier molecular flexibility index (Phi) is 6.88. The molecule has 0 atom stereocenters. The van der Waals surface area contributed by atoms with Crippen LogP contribution < -0.4 is 10.0 Å². The van der Waals surface area contributed by atoms with Gasteiger partial charge in [-0.15, -0.1) is 0 Å². The molecule has 0 aliphatic carbocycles. The van der Waals surface area contributed by atoms with Crippen molar-refractivity contribution < 1.29 is 13.2 Å². The van der Waals surface area contributed by atoms with Crippen LogP contribution in [0.3, 0.4) is 0 Å². The molecule has 2 aliphatic heterocycles. The summed E-state index contributed by atoms with van der Waals surface area (Å²) in [5, 5.41) is 3.30. The minimum absolute atomic E-state index is 0.339. The van der Waals surface area contributed by atoms with Crippen molar-refractivity contribution in [2.24, 2.45) is 5.92 Å².